The number of carbonyl (C=O) groups is 1. The first kappa shape index (κ1) is 22.8. The molecule has 31 heavy (non-hydrogen) atoms. The van der Waals surface area contributed by atoms with E-state index < -0.39 is 17.2 Å². The molecule has 0 saturated heterocycles. The van der Waals surface area contributed by atoms with Gasteiger partial charge in [-0.05, 0) is 18.6 Å². The van der Waals surface area contributed by atoms with Gasteiger partial charge in [-0.25, -0.2) is 14.3 Å². The zero-order valence-electron chi connectivity index (χ0n) is 18.5. The molecule has 0 aliphatic rings. The third-order valence-corrected chi connectivity index (χ3v) is 5.59. The van der Waals surface area contributed by atoms with E-state index in [4.69, 9.17) is 0 Å². The van der Waals surface area contributed by atoms with Crippen LogP contribution in [0.2, 0.25) is 0 Å². The van der Waals surface area contributed by atoms with E-state index >= 15 is 0 Å². The molecule has 0 bridgehead atoms. The number of nitrogens with zero attached hydrogens (tertiary/aromatic N) is 7. The Balaban J connectivity index is 1.62. The van der Waals surface area contributed by atoms with E-state index in [0.717, 1.165) is 22.1 Å². The predicted molar refractivity (Wildman–Crippen MR) is 118 cm³/mol. The van der Waals surface area contributed by atoms with Gasteiger partial charge < -0.3 is 14.5 Å². The molecule has 0 aromatic carbocycles. The molecule has 1 amide bonds. The monoisotopic (exact) mass is 448 g/mol. The highest BCUT2D eigenvalue weighted by atomic mass is 32.2. The summed E-state index contributed by atoms with van der Waals surface area (Å²) in [6.45, 7) is 5.19. The number of aryl methyl sites for hydroxylation is 3. The summed E-state index contributed by atoms with van der Waals surface area (Å²) in [6, 6.07) is 0. The van der Waals surface area contributed by atoms with E-state index in [2.05, 4.69) is 38.9 Å². The number of hydrogen-bond acceptors (Lipinski definition) is 7. The second kappa shape index (κ2) is 9.50. The number of amides is 1. The van der Waals surface area contributed by atoms with E-state index in [1.807, 2.05) is 6.26 Å². The summed E-state index contributed by atoms with van der Waals surface area (Å²) in [5, 5.41) is 12.2. The minimum Gasteiger partial charge on any atom is -0.355 e. The Bertz CT molecular complexity index is 1200. The van der Waals surface area contributed by atoms with E-state index in [9.17, 15) is 14.4 Å². The molecule has 0 fully saturated rings. The lowest BCUT2D eigenvalue weighted by atomic mass is 10.2. The standard InChI is InChI=1S/C19H28N8O3S/c1-12(2)9-26-13(22-23-18(26)31-5)7-6-8-20-14(28)10-27-17(29)15-16(21-11-24(15)3)25(4)19(27)30/h11-12H,6-10H2,1-5H3,(H,20,28). The molecule has 3 heterocycles. The SMILES string of the molecule is CSc1nnc(CCCNC(=O)Cn2c(=O)c3c(ncn3C)n(C)c2=O)n1CC(C)C. The molecule has 11 nitrogen and oxygen atoms in total. The van der Waals surface area contributed by atoms with E-state index in [1.54, 1.807) is 23.4 Å². The zero-order valence-corrected chi connectivity index (χ0v) is 19.3. The average molecular weight is 449 g/mol. The molecule has 0 radical (unpaired) electrons. The Morgan fingerprint density at radius 1 is 1.19 bits per heavy atom. The van der Waals surface area contributed by atoms with Crippen LogP contribution in [0.5, 0.6) is 0 Å². The topological polar surface area (TPSA) is 122 Å². The molecule has 0 spiro atoms. The molecular weight excluding hydrogens is 420 g/mol. The van der Waals surface area contributed by atoms with E-state index in [-0.39, 0.29) is 12.1 Å². The van der Waals surface area contributed by atoms with Gasteiger partial charge in [0.2, 0.25) is 5.91 Å². The predicted octanol–water partition coefficient (Wildman–Crippen LogP) is 0.152. The largest absolute Gasteiger partial charge is 0.355 e. The minimum absolute atomic E-state index is 0.281. The Morgan fingerprint density at radius 2 is 1.94 bits per heavy atom. The van der Waals surface area contributed by atoms with Crippen molar-refractivity contribution in [2.75, 3.05) is 12.8 Å². The van der Waals surface area contributed by atoms with Crippen LogP contribution in [0, 0.1) is 5.92 Å². The van der Waals surface area contributed by atoms with Crippen molar-refractivity contribution in [3.8, 4) is 0 Å². The van der Waals surface area contributed by atoms with Crippen molar-refractivity contribution in [3.63, 3.8) is 0 Å². The molecule has 0 unspecified atom stereocenters. The number of fused-ring (bicyclic) bond motifs is 1. The molecule has 0 atom stereocenters. The summed E-state index contributed by atoms with van der Waals surface area (Å²) in [6.07, 6.45) is 4.78. The zero-order chi connectivity index (χ0) is 22.7. The normalized spacial score (nSPS) is 11.5. The molecule has 0 aliphatic heterocycles. The van der Waals surface area contributed by atoms with Crippen molar-refractivity contribution >= 4 is 28.8 Å². The number of nitrogens with one attached hydrogen (secondary N) is 1. The summed E-state index contributed by atoms with van der Waals surface area (Å²) < 4.78 is 5.86. The van der Waals surface area contributed by atoms with Crippen molar-refractivity contribution in [1.82, 2.24) is 38.8 Å². The van der Waals surface area contributed by atoms with Crippen LogP contribution >= 0.6 is 11.8 Å². The van der Waals surface area contributed by atoms with Gasteiger partial charge >= 0.3 is 5.69 Å². The van der Waals surface area contributed by atoms with Gasteiger partial charge in [0.1, 0.15) is 12.4 Å². The van der Waals surface area contributed by atoms with E-state index in [0.29, 0.717) is 31.0 Å². The molecule has 168 valence electrons. The maximum absolute atomic E-state index is 12.7. The van der Waals surface area contributed by atoms with Gasteiger partial charge in [0.05, 0.1) is 6.33 Å². The molecular formula is C19H28N8O3S. The quantitative estimate of drug-likeness (QED) is 0.365. The lowest BCUT2D eigenvalue weighted by Gasteiger charge is -2.12. The highest BCUT2D eigenvalue weighted by Gasteiger charge is 2.17. The lowest BCUT2D eigenvalue weighted by molar-refractivity contribution is -0.121. The maximum Gasteiger partial charge on any atom is 0.332 e. The van der Waals surface area contributed by atoms with Crippen molar-refractivity contribution in [2.24, 2.45) is 20.0 Å². The summed E-state index contributed by atoms with van der Waals surface area (Å²) in [7, 11) is 3.20. The molecule has 3 aromatic rings. The van der Waals surface area contributed by atoms with Crippen LogP contribution in [0.25, 0.3) is 11.2 Å². The third-order valence-electron chi connectivity index (χ3n) is 4.93. The Kier molecular flexibility index (Phi) is 6.98. The molecule has 0 aliphatic carbocycles. The Hall–Kier alpha value is -2.89. The van der Waals surface area contributed by atoms with Crippen LogP contribution in [0.3, 0.4) is 0 Å². The first-order valence-corrected chi connectivity index (χ1v) is 11.3. The van der Waals surface area contributed by atoms with Gasteiger partial charge in [-0.1, -0.05) is 25.6 Å². The smallest absolute Gasteiger partial charge is 0.332 e. The van der Waals surface area contributed by atoms with Crippen LogP contribution in [0.15, 0.2) is 21.1 Å². The van der Waals surface area contributed by atoms with Gasteiger partial charge in [0.15, 0.2) is 16.3 Å². The van der Waals surface area contributed by atoms with Crippen LogP contribution in [-0.2, 0) is 38.4 Å². The number of thioether (sulfide) groups is 1. The van der Waals surface area contributed by atoms with Crippen molar-refractivity contribution in [1.29, 1.82) is 0 Å². The Morgan fingerprint density at radius 3 is 2.61 bits per heavy atom. The molecule has 1 N–H and O–H groups in total. The fourth-order valence-electron chi connectivity index (χ4n) is 3.41. The summed E-state index contributed by atoms with van der Waals surface area (Å²) in [5.41, 5.74) is -0.523. The number of rotatable bonds is 9. The maximum atomic E-state index is 12.7. The number of aromatic nitrogens is 7. The molecule has 3 rings (SSSR count). The first-order chi connectivity index (χ1) is 14.7. The van der Waals surface area contributed by atoms with Crippen molar-refractivity contribution < 1.29 is 4.79 Å². The highest BCUT2D eigenvalue weighted by Crippen LogP contribution is 2.16. The van der Waals surface area contributed by atoms with Crippen molar-refractivity contribution in [3.05, 3.63) is 33.0 Å². The molecule has 3 aromatic heterocycles. The molecule has 0 saturated carbocycles. The summed E-state index contributed by atoms with van der Waals surface area (Å²) in [5.74, 6) is 0.964. The average Bonchev–Trinajstić information content (AvgIpc) is 3.29. The van der Waals surface area contributed by atoms with Gasteiger partial charge in [-0.3, -0.25) is 14.2 Å². The summed E-state index contributed by atoms with van der Waals surface area (Å²) >= 11 is 1.56. The van der Waals surface area contributed by atoms with Gasteiger partial charge in [0.25, 0.3) is 5.56 Å². The Labute approximate surface area is 183 Å². The second-order valence-electron chi connectivity index (χ2n) is 7.82. The second-order valence-corrected chi connectivity index (χ2v) is 8.59. The number of carbonyl (C=O) groups excluding carboxylic acids is 1. The minimum atomic E-state index is -0.572. The number of hydrogen-bond donors (Lipinski definition) is 1. The fourth-order valence-corrected chi connectivity index (χ4v) is 3.94. The van der Waals surface area contributed by atoms with Crippen molar-refractivity contribution in [2.45, 2.75) is 44.9 Å². The van der Waals surface area contributed by atoms with Crippen LogP contribution in [0.4, 0.5) is 0 Å². The third kappa shape index (κ3) is 4.73. The number of imidazole rings is 1. The van der Waals surface area contributed by atoms with Crippen LogP contribution < -0.4 is 16.6 Å². The highest BCUT2D eigenvalue weighted by molar-refractivity contribution is 7.98. The van der Waals surface area contributed by atoms with Crippen LogP contribution in [-0.4, -0.2) is 52.2 Å². The molecule has 12 heteroatoms. The fraction of sp³-hybridized carbons (Fsp3) is 0.579. The first-order valence-electron chi connectivity index (χ1n) is 10.1. The van der Waals surface area contributed by atoms with E-state index in [1.165, 1.54) is 17.9 Å². The summed E-state index contributed by atoms with van der Waals surface area (Å²) in [4.78, 5) is 41.6. The van der Waals surface area contributed by atoms with Gasteiger partial charge in [-0.15, -0.1) is 10.2 Å². The lowest BCUT2D eigenvalue weighted by Crippen LogP contribution is -2.43. The van der Waals surface area contributed by atoms with Gasteiger partial charge in [-0.2, -0.15) is 0 Å². The van der Waals surface area contributed by atoms with Gasteiger partial charge in [0, 0.05) is 33.6 Å². The van der Waals surface area contributed by atoms with Crippen LogP contribution in [0.1, 0.15) is 26.1 Å².